The summed E-state index contributed by atoms with van der Waals surface area (Å²) in [6.07, 6.45) is 0. The summed E-state index contributed by atoms with van der Waals surface area (Å²) in [6, 6.07) is 23.3. The lowest BCUT2D eigenvalue weighted by Gasteiger charge is -2.18. The van der Waals surface area contributed by atoms with Gasteiger partial charge in [0.25, 0.3) is 5.91 Å². The van der Waals surface area contributed by atoms with E-state index in [1.54, 1.807) is 42.5 Å². The van der Waals surface area contributed by atoms with Crippen molar-refractivity contribution < 1.29 is 28.5 Å². The van der Waals surface area contributed by atoms with Crippen molar-refractivity contribution >= 4 is 29.0 Å². The minimum atomic E-state index is -0.754. The summed E-state index contributed by atoms with van der Waals surface area (Å²) in [6.45, 7) is 2.29. The van der Waals surface area contributed by atoms with Crippen molar-refractivity contribution in [3.05, 3.63) is 107 Å². The van der Waals surface area contributed by atoms with Crippen molar-refractivity contribution in [2.24, 2.45) is 16.5 Å². The lowest BCUT2D eigenvalue weighted by Crippen LogP contribution is -2.23. The maximum atomic E-state index is 13.0. The molecule has 0 radical (unpaired) electrons. The Bertz CT molecular complexity index is 1620. The third kappa shape index (κ3) is 6.61. The minimum Gasteiger partial charge on any atom is -0.493 e. The first kappa shape index (κ1) is 29.5. The molecule has 10 heteroatoms. The van der Waals surface area contributed by atoms with Crippen molar-refractivity contribution in [2.75, 3.05) is 26.6 Å². The van der Waals surface area contributed by atoms with Gasteiger partial charge in [0.2, 0.25) is 11.7 Å². The normalized spacial score (nSPS) is 11.0. The summed E-state index contributed by atoms with van der Waals surface area (Å²) in [7, 11) is 4.26. The van der Waals surface area contributed by atoms with Gasteiger partial charge in [0.15, 0.2) is 11.5 Å². The van der Waals surface area contributed by atoms with E-state index in [9.17, 15) is 9.59 Å². The van der Waals surface area contributed by atoms with Crippen LogP contribution in [0, 0.1) is 6.92 Å². The van der Waals surface area contributed by atoms with Crippen LogP contribution >= 0.6 is 0 Å². The van der Waals surface area contributed by atoms with Gasteiger partial charge in [0.1, 0.15) is 18.2 Å². The fourth-order valence-electron chi connectivity index (χ4n) is 4.25. The standard InChI is InChI=1S/C32H32N4O6/c1-19-10-13-22(35-30(33)27-24(31(34)37)17-26(39-2)28(40-3)29(27)41-4)16-25(19)36-32(38)21-11-14-23(15-12-21)42-18-20-8-6-5-7-9-20/h5-17H,18H2,1-4H3,(H2,33,35)(H2,34,37)(H,36,38). The average molecular weight is 569 g/mol. The second kappa shape index (κ2) is 13.2. The van der Waals surface area contributed by atoms with Gasteiger partial charge in [-0.25, -0.2) is 4.99 Å². The van der Waals surface area contributed by atoms with Gasteiger partial charge in [-0.1, -0.05) is 36.4 Å². The molecule has 4 aromatic carbocycles. The first-order chi connectivity index (χ1) is 20.2. The van der Waals surface area contributed by atoms with E-state index in [2.05, 4.69) is 10.3 Å². The Kier molecular flexibility index (Phi) is 9.28. The van der Waals surface area contributed by atoms with Crippen LogP contribution in [-0.2, 0) is 6.61 Å². The number of benzene rings is 4. The number of amides is 2. The highest BCUT2D eigenvalue weighted by atomic mass is 16.5. The second-order valence-corrected chi connectivity index (χ2v) is 9.18. The number of nitrogens with two attached hydrogens (primary N) is 2. The average Bonchev–Trinajstić information content (AvgIpc) is 3.01. The highest BCUT2D eigenvalue weighted by molar-refractivity contribution is 6.12. The van der Waals surface area contributed by atoms with Crippen LogP contribution in [0.25, 0.3) is 0 Å². The first-order valence-electron chi connectivity index (χ1n) is 12.9. The zero-order valence-electron chi connectivity index (χ0n) is 23.8. The molecule has 0 atom stereocenters. The van der Waals surface area contributed by atoms with E-state index < -0.39 is 5.91 Å². The van der Waals surface area contributed by atoms with Gasteiger partial charge < -0.3 is 35.7 Å². The number of hydrogen-bond acceptors (Lipinski definition) is 7. The summed E-state index contributed by atoms with van der Waals surface area (Å²) in [4.78, 5) is 29.8. The predicted molar refractivity (Wildman–Crippen MR) is 161 cm³/mol. The Morgan fingerprint density at radius 1 is 0.833 bits per heavy atom. The van der Waals surface area contributed by atoms with E-state index in [-0.39, 0.29) is 40.1 Å². The summed E-state index contributed by atoms with van der Waals surface area (Å²) in [5.74, 6) is 0.161. The predicted octanol–water partition coefficient (Wildman–Crippen LogP) is 4.99. The molecule has 216 valence electrons. The topological polar surface area (TPSA) is 147 Å². The third-order valence-corrected chi connectivity index (χ3v) is 6.44. The Hall–Kier alpha value is -5.51. The molecule has 5 N–H and O–H groups in total. The van der Waals surface area contributed by atoms with Crippen LogP contribution in [0.5, 0.6) is 23.0 Å². The molecule has 0 heterocycles. The van der Waals surface area contributed by atoms with Crippen LogP contribution in [0.2, 0.25) is 0 Å². The summed E-state index contributed by atoms with van der Waals surface area (Å²) < 4.78 is 22.1. The van der Waals surface area contributed by atoms with E-state index in [1.165, 1.54) is 27.4 Å². The molecule has 0 unspecified atom stereocenters. The molecular weight excluding hydrogens is 536 g/mol. The fourth-order valence-corrected chi connectivity index (χ4v) is 4.25. The number of ether oxygens (including phenoxy) is 4. The van der Waals surface area contributed by atoms with Crippen molar-refractivity contribution in [3.63, 3.8) is 0 Å². The third-order valence-electron chi connectivity index (χ3n) is 6.44. The van der Waals surface area contributed by atoms with Crippen LogP contribution in [0.3, 0.4) is 0 Å². The molecule has 2 amide bonds. The van der Waals surface area contributed by atoms with E-state index in [4.69, 9.17) is 30.4 Å². The number of anilines is 1. The largest absolute Gasteiger partial charge is 0.493 e. The maximum absolute atomic E-state index is 13.0. The number of methoxy groups -OCH3 is 3. The van der Waals surface area contributed by atoms with E-state index in [0.29, 0.717) is 29.3 Å². The van der Waals surface area contributed by atoms with E-state index in [0.717, 1.165) is 11.1 Å². The van der Waals surface area contributed by atoms with Gasteiger partial charge in [-0.3, -0.25) is 9.59 Å². The SMILES string of the molecule is COc1cc(C(N)=O)c(C(N)=Nc2ccc(C)c(NC(=O)c3ccc(OCc4ccccc4)cc3)c2)c(OC)c1OC. The molecular formula is C32H32N4O6. The number of nitrogens with one attached hydrogen (secondary N) is 1. The van der Waals surface area contributed by atoms with Crippen LogP contribution in [0.15, 0.2) is 83.9 Å². The Morgan fingerprint density at radius 2 is 1.52 bits per heavy atom. The molecule has 0 fully saturated rings. The molecule has 10 nitrogen and oxygen atoms in total. The molecule has 0 aliphatic carbocycles. The number of primary amides is 1. The summed E-state index contributed by atoms with van der Waals surface area (Å²) in [5.41, 5.74) is 15.5. The van der Waals surface area contributed by atoms with Gasteiger partial charge in [-0.05, 0) is 60.5 Å². The Labute approximate surface area is 243 Å². The summed E-state index contributed by atoms with van der Waals surface area (Å²) in [5, 5.41) is 2.92. The number of hydrogen-bond donors (Lipinski definition) is 3. The van der Waals surface area contributed by atoms with E-state index in [1.807, 2.05) is 37.3 Å². The number of aliphatic imine (C=N–C) groups is 1. The monoisotopic (exact) mass is 568 g/mol. The van der Waals surface area contributed by atoms with Crippen molar-refractivity contribution in [1.29, 1.82) is 0 Å². The molecule has 4 aromatic rings. The fraction of sp³-hybridized carbons (Fsp3) is 0.156. The lowest BCUT2D eigenvalue weighted by molar-refractivity contribution is 0.0996. The van der Waals surface area contributed by atoms with Crippen molar-refractivity contribution in [1.82, 2.24) is 0 Å². The van der Waals surface area contributed by atoms with Crippen LogP contribution < -0.4 is 35.7 Å². The number of rotatable bonds is 11. The van der Waals surface area contributed by atoms with Gasteiger partial charge >= 0.3 is 0 Å². The molecule has 0 aliphatic heterocycles. The number of nitrogens with zero attached hydrogens (tertiary/aromatic N) is 1. The summed E-state index contributed by atoms with van der Waals surface area (Å²) >= 11 is 0. The Morgan fingerprint density at radius 3 is 2.14 bits per heavy atom. The number of aryl methyl sites for hydroxylation is 1. The lowest BCUT2D eigenvalue weighted by atomic mass is 10.0. The van der Waals surface area contributed by atoms with Crippen molar-refractivity contribution in [3.8, 4) is 23.0 Å². The molecule has 4 rings (SSSR count). The van der Waals surface area contributed by atoms with Gasteiger partial charge in [0, 0.05) is 11.3 Å². The van der Waals surface area contributed by atoms with Crippen molar-refractivity contribution in [2.45, 2.75) is 13.5 Å². The smallest absolute Gasteiger partial charge is 0.255 e. The molecule has 0 aromatic heterocycles. The molecule has 0 spiro atoms. The molecule has 0 saturated heterocycles. The van der Waals surface area contributed by atoms with Crippen LogP contribution in [-0.4, -0.2) is 39.0 Å². The number of carbonyl (C=O) groups is 2. The van der Waals surface area contributed by atoms with Crippen LogP contribution in [0.4, 0.5) is 11.4 Å². The zero-order valence-corrected chi connectivity index (χ0v) is 23.8. The number of carbonyl (C=O) groups excluding carboxylic acids is 2. The molecule has 0 aliphatic rings. The molecule has 42 heavy (non-hydrogen) atoms. The second-order valence-electron chi connectivity index (χ2n) is 9.18. The molecule has 0 bridgehead atoms. The quantitative estimate of drug-likeness (QED) is 0.171. The van der Waals surface area contributed by atoms with Gasteiger partial charge in [-0.2, -0.15) is 0 Å². The Balaban J connectivity index is 1.57. The van der Waals surface area contributed by atoms with Gasteiger partial charge in [-0.15, -0.1) is 0 Å². The zero-order chi connectivity index (χ0) is 30.2. The molecule has 0 saturated carbocycles. The highest BCUT2D eigenvalue weighted by Gasteiger charge is 2.25. The van der Waals surface area contributed by atoms with Crippen LogP contribution in [0.1, 0.15) is 37.4 Å². The minimum absolute atomic E-state index is 0.0441. The first-order valence-corrected chi connectivity index (χ1v) is 12.9. The number of amidine groups is 1. The van der Waals surface area contributed by atoms with Gasteiger partial charge in [0.05, 0.1) is 38.1 Å². The highest BCUT2D eigenvalue weighted by Crippen LogP contribution is 2.42. The van der Waals surface area contributed by atoms with E-state index >= 15 is 0 Å². The maximum Gasteiger partial charge on any atom is 0.255 e.